The number of hydrogen-bond donors (Lipinski definition) is 1. The van der Waals surface area contributed by atoms with Crippen molar-refractivity contribution >= 4 is 46.8 Å². The molecule has 5 nitrogen and oxygen atoms in total. The molecule has 7 heteroatoms. The molecule has 1 amide bonds. The lowest BCUT2D eigenvalue weighted by molar-refractivity contribution is -0.148. The van der Waals surface area contributed by atoms with Crippen molar-refractivity contribution in [3.05, 3.63) is 64.1 Å². The fourth-order valence-corrected chi connectivity index (χ4v) is 2.34. The van der Waals surface area contributed by atoms with E-state index in [2.05, 4.69) is 5.32 Å². The number of amides is 1. The van der Waals surface area contributed by atoms with Crippen molar-refractivity contribution in [1.29, 1.82) is 0 Å². The van der Waals surface area contributed by atoms with Gasteiger partial charge in [0.15, 0.2) is 6.10 Å². The maximum absolute atomic E-state index is 12.2. The van der Waals surface area contributed by atoms with Gasteiger partial charge in [-0.1, -0.05) is 41.4 Å². The van der Waals surface area contributed by atoms with Crippen molar-refractivity contribution in [2.75, 3.05) is 12.4 Å². The smallest absolute Gasteiger partial charge is 0.331 e. The number of methoxy groups -OCH3 is 1. The van der Waals surface area contributed by atoms with Gasteiger partial charge in [-0.25, -0.2) is 4.79 Å². The molecule has 0 aliphatic rings. The first-order chi connectivity index (χ1) is 12.4. The maximum Gasteiger partial charge on any atom is 0.331 e. The molecule has 2 rings (SSSR count). The van der Waals surface area contributed by atoms with E-state index in [1.54, 1.807) is 42.5 Å². The van der Waals surface area contributed by atoms with Crippen LogP contribution in [0.15, 0.2) is 48.5 Å². The molecule has 1 N–H and O–H groups in total. The van der Waals surface area contributed by atoms with Crippen LogP contribution < -0.4 is 10.1 Å². The van der Waals surface area contributed by atoms with Crippen LogP contribution in [0.1, 0.15) is 12.5 Å². The zero-order valence-electron chi connectivity index (χ0n) is 14.2. The summed E-state index contributed by atoms with van der Waals surface area (Å²) in [5.74, 6) is -0.608. The predicted octanol–water partition coefficient (Wildman–Crippen LogP) is 4.59. The summed E-state index contributed by atoms with van der Waals surface area (Å²) in [6, 6.07) is 11.9. The zero-order valence-corrected chi connectivity index (χ0v) is 15.7. The second-order valence-electron chi connectivity index (χ2n) is 5.28. The lowest BCUT2D eigenvalue weighted by Crippen LogP contribution is -2.29. The summed E-state index contributed by atoms with van der Waals surface area (Å²) in [6.45, 7) is 1.48. The molecule has 0 heterocycles. The first-order valence-corrected chi connectivity index (χ1v) is 8.44. The van der Waals surface area contributed by atoms with Gasteiger partial charge in [-0.2, -0.15) is 0 Å². The highest BCUT2D eigenvalue weighted by atomic mass is 35.5. The Balaban J connectivity index is 1.94. The molecule has 0 fully saturated rings. The Hall–Kier alpha value is -2.50. The molecule has 1 atom stereocenters. The van der Waals surface area contributed by atoms with Gasteiger partial charge < -0.3 is 14.8 Å². The topological polar surface area (TPSA) is 64.6 Å². The van der Waals surface area contributed by atoms with Crippen molar-refractivity contribution in [3.63, 3.8) is 0 Å². The lowest BCUT2D eigenvalue weighted by atomic mass is 10.2. The molecule has 0 saturated carbocycles. The molecular formula is C19H17Cl2NO4. The number of carbonyl (C=O) groups excluding carboxylic acids is 2. The Kier molecular flexibility index (Phi) is 7.06. The molecule has 0 radical (unpaired) electrons. The van der Waals surface area contributed by atoms with Crippen molar-refractivity contribution in [2.45, 2.75) is 13.0 Å². The summed E-state index contributed by atoms with van der Waals surface area (Å²) in [5.41, 5.74) is 1.18. The molecule has 0 spiro atoms. The summed E-state index contributed by atoms with van der Waals surface area (Å²) in [4.78, 5) is 24.1. The highest BCUT2D eigenvalue weighted by Crippen LogP contribution is 2.24. The minimum absolute atomic E-state index is 0.381. The number of ether oxygens (including phenoxy) is 2. The predicted molar refractivity (Wildman–Crippen MR) is 103 cm³/mol. The number of nitrogens with one attached hydrogen (secondary N) is 1. The molecule has 2 aromatic rings. The molecule has 2 aromatic carbocycles. The van der Waals surface area contributed by atoms with Gasteiger partial charge in [0.2, 0.25) is 0 Å². The van der Waals surface area contributed by atoms with E-state index in [1.807, 2.05) is 0 Å². The molecule has 0 unspecified atom stereocenters. The first kappa shape index (κ1) is 19.8. The third kappa shape index (κ3) is 5.51. The molecular weight excluding hydrogens is 377 g/mol. The summed E-state index contributed by atoms with van der Waals surface area (Å²) in [5, 5.41) is 3.46. The third-order valence-corrected chi connectivity index (χ3v) is 4.12. The van der Waals surface area contributed by atoms with Gasteiger partial charge in [0.1, 0.15) is 5.75 Å². The van der Waals surface area contributed by atoms with Crippen molar-refractivity contribution < 1.29 is 19.1 Å². The standard InChI is InChI=1S/C19H17Cl2NO4/c1-12(19(24)22-16-5-3-4-6-17(16)25-2)26-18(23)10-8-13-7-9-14(20)15(21)11-13/h3-12H,1-2H3,(H,22,24)/b10-8+/t12-/m1/s1. The Labute approximate surface area is 161 Å². The van der Waals surface area contributed by atoms with E-state index in [9.17, 15) is 9.59 Å². The van der Waals surface area contributed by atoms with Crippen molar-refractivity contribution in [1.82, 2.24) is 0 Å². The molecule has 0 aliphatic carbocycles. The number of benzene rings is 2. The summed E-state index contributed by atoms with van der Waals surface area (Å²) < 4.78 is 10.3. The van der Waals surface area contributed by atoms with Crippen LogP contribution in [-0.4, -0.2) is 25.1 Å². The maximum atomic E-state index is 12.2. The number of hydrogen-bond acceptors (Lipinski definition) is 4. The fraction of sp³-hybridized carbons (Fsp3) is 0.158. The second kappa shape index (κ2) is 9.27. The van der Waals surface area contributed by atoms with E-state index in [-0.39, 0.29) is 0 Å². The van der Waals surface area contributed by atoms with Gasteiger partial charge in [0, 0.05) is 6.08 Å². The Morgan fingerprint density at radius 1 is 1.12 bits per heavy atom. The molecule has 0 saturated heterocycles. The molecule has 136 valence electrons. The number of esters is 1. The highest BCUT2D eigenvalue weighted by Gasteiger charge is 2.18. The Morgan fingerprint density at radius 2 is 1.85 bits per heavy atom. The fourth-order valence-electron chi connectivity index (χ4n) is 2.03. The van der Waals surface area contributed by atoms with Gasteiger partial charge in [0.05, 0.1) is 22.8 Å². The molecule has 0 aliphatic heterocycles. The third-order valence-electron chi connectivity index (χ3n) is 3.38. The van der Waals surface area contributed by atoms with Crippen molar-refractivity contribution in [3.8, 4) is 5.75 Å². The SMILES string of the molecule is COc1ccccc1NC(=O)[C@@H](C)OC(=O)/C=C/c1ccc(Cl)c(Cl)c1. The molecule has 0 bridgehead atoms. The van der Waals surface area contributed by atoms with E-state index < -0.39 is 18.0 Å². The van der Waals surface area contributed by atoms with Crippen LogP contribution in [0, 0.1) is 0 Å². The second-order valence-corrected chi connectivity index (χ2v) is 6.09. The van der Waals surface area contributed by atoms with Crippen LogP contribution >= 0.6 is 23.2 Å². The van der Waals surface area contributed by atoms with Crippen LogP contribution in [0.4, 0.5) is 5.69 Å². The quantitative estimate of drug-likeness (QED) is 0.575. The number of rotatable bonds is 6. The van der Waals surface area contributed by atoms with Crippen molar-refractivity contribution in [2.24, 2.45) is 0 Å². The van der Waals surface area contributed by atoms with Gasteiger partial charge in [-0.05, 0) is 42.8 Å². The molecule has 26 heavy (non-hydrogen) atoms. The summed E-state index contributed by atoms with van der Waals surface area (Å²) in [7, 11) is 1.50. The average Bonchev–Trinajstić information content (AvgIpc) is 2.63. The van der Waals surface area contributed by atoms with Gasteiger partial charge in [-0.15, -0.1) is 0 Å². The van der Waals surface area contributed by atoms with E-state index in [0.717, 1.165) is 0 Å². The van der Waals surface area contributed by atoms with Crippen LogP contribution in [0.3, 0.4) is 0 Å². The Morgan fingerprint density at radius 3 is 2.54 bits per heavy atom. The van der Waals surface area contributed by atoms with Gasteiger partial charge >= 0.3 is 5.97 Å². The Bertz CT molecular complexity index is 836. The van der Waals surface area contributed by atoms with Crippen LogP contribution in [0.25, 0.3) is 6.08 Å². The van der Waals surface area contributed by atoms with E-state index in [1.165, 1.54) is 26.2 Å². The van der Waals surface area contributed by atoms with Gasteiger partial charge in [-0.3, -0.25) is 4.79 Å². The molecule has 0 aromatic heterocycles. The van der Waals surface area contributed by atoms with E-state index in [0.29, 0.717) is 27.0 Å². The minimum atomic E-state index is -0.981. The minimum Gasteiger partial charge on any atom is -0.495 e. The first-order valence-electron chi connectivity index (χ1n) is 7.68. The average molecular weight is 394 g/mol. The van der Waals surface area contributed by atoms with Gasteiger partial charge in [0.25, 0.3) is 5.91 Å². The van der Waals surface area contributed by atoms with E-state index in [4.69, 9.17) is 32.7 Å². The van der Waals surface area contributed by atoms with Crippen LogP contribution in [-0.2, 0) is 14.3 Å². The zero-order chi connectivity index (χ0) is 19.1. The highest BCUT2D eigenvalue weighted by molar-refractivity contribution is 6.42. The largest absolute Gasteiger partial charge is 0.495 e. The number of para-hydroxylation sites is 2. The summed E-state index contributed by atoms with van der Waals surface area (Å²) in [6.07, 6.45) is 1.76. The normalized spacial score (nSPS) is 11.8. The monoisotopic (exact) mass is 393 g/mol. The van der Waals surface area contributed by atoms with E-state index >= 15 is 0 Å². The number of anilines is 1. The van der Waals surface area contributed by atoms with Crippen LogP contribution in [0.2, 0.25) is 10.0 Å². The summed E-state index contributed by atoms with van der Waals surface area (Å²) >= 11 is 11.7. The number of carbonyl (C=O) groups is 2. The van der Waals surface area contributed by atoms with Crippen LogP contribution in [0.5, 0.6) is 5.75 Å². The lowest BCUT2D eigenvalue weighted by Gasteiger charge is -2.14. The number of halogens is 2.